The lowest BCUT2D eigenvalue weighted by atomic mass is 9.93. The molecule has 1 heterocycles. The second-order valence-electron chi connectivity index (χ2n) is 4.61. The minimum Gasteiger partial charge on any atom is -0.0888 e. The molecule has 0 amide bonds. The SMILES string of the molecule is CC(C)=C1c2ccccc2Sc2ccc(Cl)cc21. The van der Waals surface area contributed by atoms with Gasteiger partial charge in [0.05, 0.1) is 0 Å². The minimum atomic E-state index is 0.799. The minimum absolute atomic E-state index is 0.799. The summed E-state index contributed by atoms with van der Waals surface area (Å²) in [5, 5.41) is 0.799. The summed E-state index contributed by atoms with van der Waals surface area (Å²) in [6, 6.07) is 14.7. The fourth-order valence-corrected chi connectivity index (χ4v) is 3.59. The Morgan fingerprint density at radius 3 is 2.44 bits per heavy atom. The van der Waals surface area contributed by atoms with Crippen LogP contribution in [0.4, 0.5) is 0 Å². The first kappa shape index (κ1) is 11.9. The Balaban J connectivity index is 2.32. The molecule has 2 aromatic carbocycles. The van der Waals surface area contributed by atoms with Crippen molar-refractivity contribution in [2.75, 3.05) is 0 Å². The zero-order valence-electron chi connectivity index (χ0n) is 10.3. The third-order valence-corrected chi connectivity index (χ3v) is 4.47. The maximum Gasteiger partial charge on any atom is 0.0412 e. The molecule has 3 rings (SSSR count). The van der Waals surface area contributed by atoms with Crippen LogP contribution in [-0.2, 0) is 0 Å². The highest BCUT2D eigenvalue weighted by molar-refractivity contribution is 7.99. The molecule has 0 aliphatic carbocycles. The Labute approximate surface area is 117 Å². The summed E-state index contributed by atoms with van der Waals surface area (Å²) in [6.07, 6.45) is 0. The van der Waals surface area contributed by atoms with Crippen molar-refractivity contribution in [2.24, 2.45) is 0 Å². The molecule has 0 bridgehead atoms. The van der Waals surface area contributed by atoms with Crippen LogP contribution in [0, 0.1) is 0 Å². The summed E-state index contributed by atoms with van der Waals surface area (Å²) < 4.78 is 0. The van der Waals surface area contributed by atoms with Gasteiger partial charge in [-0.1, -0.05) is 47.1 Å². The van der Waals surface area contributed by atoms with E-state index in [1.54, 1.807) is 0 Å². The smallest absolute Gasteiger partial charge is 0.0412 e. The van der Waals surface area contributed by atoms with Crippen LogP contribution in [0.3, 0.4) is 0 Å². The van der Waals surface area contributed by atoms with Crippen molar-refractivity contribution in [1.29, 1.82) is 0 Å². The van der Waals surface area contributed by atoms with Gasteiger partial charge in [-0.3, -0.25) is 0 Å². The molecule has 18 heavy (non-hydrogen) atoms. The van der Waals surface area contributed by atoms with E-state index in [0.717, 1.165) is 5.02 Å². The van der Waals surface area contributed by atoms with Crippen LogP contribution in [0.2, 0.25) is 5.02 Å². The lowest BCUT2D eigenvalue weighted by Gasteiger charge is -2.23. The molecule has 0 radical (unpaired) electrons. The zero-order chi connectivity index (χ0) is 12.7. The lowest BCUT2D eigenvalue weighted by molar-refractivity contribution is 1.25. The van der Waals surface area contributed by atoms with Crippen LogP contribution in [0.25, 0.3) is 5.57 Å². The van der Waals surface area contributed by atoms with Crippen LogP contribution in [0.5, 0.6) is 0 Å². The van der Waals surface area contributed by atoms with Crippen molar-refractivity contribution in [1.82, 2.24) is 0 Å². The normalized spacial score (nSPS) is 12.9. The van der Waals surface area contributed by atoms with E-state index in [1.807, 2.05) is 17.8 Å². The first-order valence-electron chi connectivity index (χ1n) is 5.91. The molecule has 1 aliphatic rings. The van der Waals surface area contributed by atoms with Gasteiger partial charge in [0.15, 0.2) is 0 Å². The molecule has 0 unspecified atom stereocenters. The quantitative estimate of drug-likeness (QED) is 0.510. The van der Waals surface area contributed by atoms with E-state index in [-0.39, 0.29) is 0 Å². The van der Waals surface area contributed by atoms with Crippen LogP contribution >= 0.6 is 23.4 Å². The van der Waals surface area contributed by atoms with E-state index in [1.165, 1.54) is 32.1 Å². The largest absolute Gasteiger partial charge is 0.0888 e. The van der Waals surface area contributed by atoms with Gasteiger partial charge >= 0.3 is 0 Å². The Morgan fingerprint density at radius 1 is 0.944 bits per heavy atom. The van der Waals surface area contributed by atoms with E-state index in [9.17, 15) is 0 Å². The summed E-state index contributed by atoms with van der Waals surface area (Å²) >= 11 is 7.96. The Hall–Kier alpha value is -1.18. The van der Waals surface area contributed by atoms with Crippen molar-refractivity contribution in [3.63, 3.8) is 0 Å². The maximum absolute atomic E-state index is 6.14. The summed E-state index contributed by atoms with van der Waals surface area (Å²) in [6.45, 7) is 4.32. The van der Waals surface area contributed by atoms with E-state index in [2.05, 4.69) is 50.2 Å². The second kappa shape index (κ2) is 4.49. The number of rotatable bonds is 0. The monoisotopic (exact) mass is 272 g/mol. The molecule has 0 aromatic heterocycles. The molecule has 0 nitrogen and oxygen atoms in total. The van der Waals surface area contributed by atoms with Crippen LogP contribution in [-0.4, -0.2) is 0 Å². The maximum atomic E-state index is 6.14. The van der Waals surface area contributed by atoms with Crippen molar-refractivity contribution < 1.29 is 0 Å². The number of allylic oxidation sites excluding steroid dienone is 1. The van der Waals surface area contributed by atoms with Crippen molar-refractivity contribution >= 4 is 28.9 Å². The predicted molar refractivity (Wildman–Crippen MR) is 79.4 cm³/mol. The number of hydrogen-bond acceptors (Lipinski definition) is 1. The van der Waals surface area contributed by atoms with E-state index in [4.69, 9.17) is 11.6 Å². The Kier molecular flexibility index (Phi) is 2.96. The van der Waals surface area contributed by atoms with Crippen LogP contribution < -0.4 is 0 Å². The predicted octanol–water partition coefficient (Wildman–Crippen LogP) is 5.65. The summed E-state index contributed by atoms with van der Waals surface area (Å²) in [5.41, 5.74) is 5.22. The number of benzene rings is 2. The standard InChI is InChI=1S/C16H13ClS/c1-10(2)16-12-5-3-4-6-14(12)18-15-8-7-11(17)9-13(15)16/h3-9H,1-2H3. The van der Waals surface area contributed by atoms with E-state index in [0.29, 0.717) is 0 Å². The summed E-state index contributed by atoms with van der Waals surface area (Å²) in [5.74, 6) is 0. The molecule has 90 valence electrons. The van der Waals surface area contributed by atoms with Gasteiger partial charge in [0.25, 0.3) is 0 Å². The average molecular weight is 273 g/mol. The molecule has 0 N–H and O–H groups in total. The molecule has 0 spiro atoms. The van der Waals surface area contributed by atoms with Gasteiger partial charge in [-0.2, -0.15) is 0 Å². The topological polar surface area (TPSA) is 0 Å². The van der Waals surface area contributed by atoms with Gasteiger partial charge in [-0.05, 0) is 54.8 Å². The Bertz CT molecular complexity index is 652. The molecular formula is C16H13ClS. The van der Waals surface area contributed by atoms with Crippen molar-refractivity contribution in [3.8, 4) is 0 Å². The number of halogens is 1. The van der Waals surface area contributed by atoms with Gasteiger partial charge < -0.3 is 0 Å². The van der Waals surface area contributed by atoms with Crippen LogP contribution in [0.15, 0.2) is 57.8 Å². The van der Waals surface area contributed by atoms with E-state index >= 15 is 0 Å². The summed E-state index contributed by atoms with van der Waals surface area (Å²) in [4.78, 5) is 2.61. The summed E-state index contributed by atoms with van der Waals surface area (Å²) in [7, 11) is 0. The van der Waals surface area contributed by atoms with Gasteiger partial charge in [0, 0.05) is 14.8 Å². The highest BCUT2D eigenvalue weighted by atomic mass is 35.5. The lowest BCUT2D eigenvalue weighted by Crippen LogP contribution is -2.00. The van der Waals surface area contributed by atoms with E-state index < -0.39 is 0 Å². The fourth-order valence-electron chi connectivity index (χ4n) is 2.35. The molecule has 2 aromatic rings. The molecule has 0 saturated carbocycles. The highest BCUT2D eigenvalue weighted by Gasteiger charge is 2.21. The van der Waals surface area contributed by atoms with Crippen molar-refractivity contribution in [2.45, 2.75) is 23.6 Å². The highest BCUT2D eigenvalue weighted by Crippen LogP contribution is 2.46. The number of hydrogen-bond donors (Lipinski definition) is 0. The van der Waals surface area contributed by atoms with Gasteiger partial charge in [-0.25, -0.2) is 0 Å². The third kappa shape index (κ3) is 1.88. The first-order valence-corrected chi connectivity index (χ1v) is 7.11. The zero-order valence-corrected chi connectivity index (χ0v) is 11.9. The van der Waals surface area contributed by atoms with Crippen LogP contribution in [0.1, 0.15) is 25.0 Å². The molecule has 1 aliphatic heterocycles. The van der Waals surface area contributed by atoms with Crippen molar-refractivity contribution in [3.05, 3.63) is 64.2 Å². The molecule has 2 heteroatoms. The molecule has 0 fully saturated rings. The molecule has 0 saturated heterocycles. The molecular weight excluding hydrogens is 260 g/mol. The fraction of sp³-hybridized carbons (Fsp3) is 0.125. The second-order valence-corrected chi connectivity index (χ2v) is 6.13. The van der Waals surface area contributed by atoms with Gasteiger partial charge in [-0.15, -0.1) is 0 Å². The average Bonchev–Trinajstić information content (AvgIpc) is 2.35. The van der Waals surface area contributed by atoms with Gasteiger partial charge in [0.1, 0.15) is 0 Å². The molecule has 0 atom stereocenters. The number of fused-ring (bicyclic) bond motifs is 2. The Morgan fingerprint density at radius 2 is 1.67 bits per heavy atom. The van der Waals surface area contributed by atoms with Gasteiger partial charge in [0.2, 0.25) is 0 Å². The first-order chi connectivity index (χ1) is 8.66. The third-order valence-electron chi connectivity index (χ3n) is 3.09.